The highest BCUT2D eigenvalue weighted by atomic mass is 35.5. The fourth-order valence-electron chi connectivity index (χ4n) is 4.44. The van der Waals surface area contributed by atoms with Crippen LogP contribution in [0.25, 0.3) is 10.2 Å². The Labute approximate surface area is 249 Å². The number of halogens is 2. The normalized spacial score (nSPS) is 14.1. The number of carbonyl (C=O) groups excluding carboxylic acids is 1. The van der Waals surface area contributed by atoms with Crippen molar-refractivity contribution >= 4 is 72.3 Å². The average Bonchev–Trinajstić information content (AvgIpc) is 3.41. The third-order valence-corrected chi connectivity index (χ3v) is 9.82. The first kappa shape index (κ1) is 30.2. The fraction of sp³-hybridized carbons (Fsp3) is 0.286. The van der Waals surface area contributed by atoms with Crippen LogP contribution in [0.2, 0.25) is 5.02 Å². The maximum Gasteiger partial charge on any atom is 0.264 e. The molecule has 1 amide bonds. The van der Waals surface area contributed by atoms with Crippen LogP contribution in [0.1, 0.15) is 16.8 Å². The number of sulfonamides is 1. The van der Waals surface area contributed by atoms with Gasteiger partial charge in [0.1, 0.15) is 5.52 Å². The van der Waals surface area contributed by atoms with Gasteiger partial charge in [0.05, 0.1) is 33.5 Å². The molecule has 0 radical (unpaired) electrons. The van der Waals surface area contributed by atoms with E-state index in [0.717, 1.165) is 30.8 Å². The number of fused-ring (bicyclic) bond motifs is 1. The summed E-state index contributed by atoms with van der Waals surface area (Å²) in [5.41, 5.74) is 1.60. The van der Waals surface area contributed by atoms with Crippen molar-refractivity contribution in [2.75, 3.05) is 55.6 Å². The van der Waals surface area contributed by atoms with Crippen molar-refractivity contribution in [1.82, 2.24) is 9.88 Å². The SMILES string of the molecule is CN(c1ccccc1)S(=O)(=O)c1ccc(C(=O)N(CCCN2CCOCC2)c2nc3c(Cl)cccc3s2)cc1.Cl. The Morgan fingerprint density at radius 1 is 1.02 bits per heavy atom. The van der Waals surface area contributed by atoms with Gasteiger partial charge in [-0.05, 0) is 55.0 Å². The summed E-state index contributed by atoms with van der Waals surface area (Å²) >= 11 is 7.78. The van der Waals surface area contributed by atoms with Crippen molar-refractivity contribution in [3.63, 3.8) is 0 Å². The minimum Gasteiger partial charge on any atom is -0.379 e. The number of thiazole rings is 1. The lowest BCUT2D eigenvalue weighted by atomic mass is 10.2. The zero-order valence-electron chi connectivity index (χ0n) is 21.9. The number of nitrogens with zero attached hydrogens (tertiary/aromatic N) is 4. The van der Waals surface area contributed by atoms with Crippen LogP contribution in [-0.4, -0.2) is 70.6 Å². The van der Waals surface area contributed by atoms with E-state index in [-0.39, 0.29) is 23.2 Å². The molecular formula is C28H30Cl2N4O4S2. The first-order chi connectivity index (χ1) is 18.8. The summed E-state index contributed by atoms with van der Waals surface area (Å²) in [6, 6.07) is 20.5. The molecule has 0 unspecified atom stereocenters. The summed E-state index contributed by atoms with van der Waals surface area (Å²) in [4.78, 5) is 22.6. The highest BCUT2D eigenvalue weighted by molar-refractivity contribution is 7.92. The molecule has 0 atom stereocenters. The molecule has 4 aromatic rings. The van der Waals surface area contributed by atoms with Crippen LogP contribution >= 0.6 is 35.3 Å². The molecular weight excluding hydrogens is 591 g/mol. The van der Waals surface area contributed by atoms with Crippen LogP contribution in [-0.2, 0) is 14.8 Å². The molecule has 5 rings (SSSR count). The zero-order chi connectivity index (χ0) is 27.4. The Morgan fingerprint density at radius 3 is 2.40 bits per heavy atom. The van der Waals surface area contributed by atoms with Crippen LogP contribution in [0.4, 0.5) is 10.8 Å². The Morgan fingerprint density at radius 2 is 1.73 bits per heavy atom. The molecule has 2 heterocycles. The number of hydrogen-bond donors (Lipinski definition) is 0. The van der Waals surface area contributed by atoms with Gasteiger partial charge in [0.25, 0.3) is 15.9 Å². The monoisotopic (exact) mass is 620 g/mol. The number of rotatable bonds is 9. The van der Waals surface area contributed by atoms with Gasteiger partial charge in [-0.3, -0.25) is 18.9 Å². The number of morpholine rings is 1. The number of anilines is 2. The van der Waals surface area contributed by atoms with E-state index in [1.807, 2.05) is 18.2 Å². The van der Waals surface area contributed by atoms with Crippen molar-refractivity contribution in [3.8, 4) is 0 Å². The standard InChI is InChI=1S/C28H29ClN4O4S2.ClH/c1-31(22-7-3-2-4-8-22)39(35,36)23-13-11-21(12-14-23)27(34)33(16-6-15-32-17-19-37-20-18-32)28-30-26-24(29)9-5-10-25(26)38-28;/h2-5,7-14H,6,15-20H2,1H3;1H. The van der Waals surface area contributed by atoms with Crippen molar-refractivity contribution < 1.29 is 17.9 Å². The Hall–Kier alpha value is -2.73. The Kier molecular flexibility index (Phi) is 10.0. The van der Waals surface area contributed by atoms with Crippen molar-refractivity contribution in [2.45, 2.75) is 11.3 Å². The lowest BCUT2D eigenvalue weighted by Crippen LogP contribution is -2.39. The highest BCUT2D eigenvalue weighted by Crippen LogP contribution is 2.33. The summed E-state index contributed by atoms with van der Waals surface area (Å²) in [5.74, 6) is -0.243. The van der Waals surface area contributed by atoms with Gasteiger partial charge in [-0.2, -0.15) is 0 Å². The Bertz CT molecular complexity index is 1540. The number of hydrogen-bond acceptors (Lipinski definition) is 7. The van der Waals surface area contributed by atoms with Crippen LogP contribution in [0, 0.1) is 0 Å². The molecule has 0 N–H and O–H groups in total. The average molecular weight is 622 g/mol. The maximum atomic E-state index is 13.8. The fourth-order valence-corrected chi connectivity index (χ4v) is 6.93. The smallest absolute Gasteiger partial charge is 0.264 e. The minimum absolute atomic E-state index is 0. The minimum atomic E-state index is -3.79. The van der Waals surface area contributed by atoms with E-state index in [1.54, 1.807) is 47.4 Å². The second kappa shape index (κ2) is 13.3. The summed E-state index contributed by atoms with van der Waals surface area (Å²) in [6.45, 7) is 4.48. The molecule has 1 fully saturated rings. The first-order valence-electron chi connectivity index (χ1n) is 12.7. The number of carbonyl (C=O) groups is 1. The number of aromatic nitrogens is 1. The maximum absolute atomic E-state index is 13.8. The number of benzene rings is 3. The highest BCUT2D eigenvalue weighted by Gasteiger charge is 2.25. The summed E-state index contributed by atoms with van der Waals surface area (Å²) in [5, 5.41) is 1.10. The van der Waals surface area contributed by atoms with Gasteiger partial charge in [-0.1, -0.05) is 47.2 Å². The topological polar surface area (TPSA) is 83.1 Å². The van der Waals surface area contributed by atoms with Gasteiger partial charge < -0.3 is 4.74 Å². The second-order valence-electron chi connectivity index (χ2n) is 9.18. The molecule has 212 valence electrons. The van der Waals surface area contributed by atoms with Crippen molar-refractivity contribution in [1.29, 1.82) is 0 Å². The van der Waals surface area contributed by atoms with E-state index in [2.05, 4.69) is 4.90 Å². The van der Waals surface area contributed by atoms with E-state index in [9.17, 15) is 13.2 Å². The third-order valence-electron chi connectivity index (χ3n) is 6.67. The molecule has 1 aromatic heterocycles. The molecule has 12 heteroatoms. The van der Waals surface area contributed by atoms with Gasteiger partial charge in [0.2, 0.25) is 0 Å². The number of ether oxygens (including phenoxy) is 1. The van der Waals surface area contributed by atoms with Crippen LogP contribution in [0.3, 0.4) is 0 Å². The molecule has 40 heavy (non-hydrogen) atoms. The molecule has 0 aliphatic carbocycles. The molecule has 1 aliphatic heterocycles. The molecule has 3 aromatic carbocycles. The molecule has 0 spiro atoms. The van der Waals surface area contributed by atoms with Gasteiger partial charge in [-0.25, -0.2) is 13.4 Å². The quantitative estimate of drug-likeness (QED) is 0.243. The summed E-state index contributed by atoms with van der Waals surface area (Å²) in [7, 11) is -2.28. The van der Waals surface area contributed by atoms with Crippen molar-refractivity contribution in [2.24, 2.45) is 0 Å². The first-order valence-corrected chi connectivity index (χ1v) is 15.3. The predicted molar refractivity (Wildman–Crippen MR) is 164 cm³/mol. The van der Waals surface area contributed by atoms with Gasteiger partial charge in [0, 0.05) is 38.8 Å². The van der Waals surface area contributed by atoms with Crippen LogP contribution in [0.15, 0.2) is 77.7 Å². The molecule has 8 nitrogen and oxygen atoms in total. The van der Waals surface area contributed by atoms with E-state index in [1.165, 1.54) is 34.8 Å². The van der Waals surface area contributed by atoms with Crippen LogP contribution in [0.5, 0.6) is 0 Å². The van der Waals surface area contributed by atoms with E-state index in [4.69, 9.17) is 21.3 Å². The van der Waals surface area contributed by atoms with E-state index < -0.39 is 10.0 Å². The molecule has 1 aliphatic rings. The Balaban J connectivity index is 0.00000370. The largest absolute Gasteiger partial charge is 0.379 e. The van der Waals surface area contributed by atoms with E-state index >= 15 is 0 Å². The van der Waals surface area contributed by atoms with Gasteiger partial charge in [0.15, 0.2) is 5.13 Å². The molecule has 0 bridgehead atoms. The molecule has 1 saturated heterocycles. The predicted octanol–water partition coefficient (Wildman–Crippen LogP) is 5.57. The summed E-state index contributed by atoms with van der Waals surface area (Å²) < 4.78 is 33.9. The van der Waals surface area contributed by atoms with Gasteiger partial charge in [-0.15, -0.1) is 12.4 Å². The number of para-hydroxylation sites is 2. The van der Waals surface area contributed by atoms with Crippen molar-refractivity contribution in [3.05, 3.63) is 83.4 Å². The third kappa shape index (κ3) is 6.59. The lowest BCUT2D eigenvalue weighted by Gasteiger charge is -2.27. The van der Waals surface area contributed by atoms with Gasteiger partial charge >= 0.3 is 0 Å². The zero-order valence-corrected chi connectivity index (χ0v) is 25.1. The molecule has 0 saturated carbocycles. The lowest BCUT2D eigenvalue weighted by molar-refractivity contribution is 0.0376. The summed E-state index contributed by atoms with van der Waals surface area (Å²) in [6.07, 6.45) is 0.754. The number of amides is 1. The second-order valence-corrected chi connectivity index (χ2v) is 12.6. The van der Waals surface area contributed by atoms with Crippen LogP contribution < -0.4 is 9.21 Å². The van der Waals surface area contributed by atoms with E-state index in [0.29, 0.717) is 46.7 Å².